The molecule has 0 unspecified atom stereocenters. The second kappa shape index (κ2) is 5.50. The van der Waals surface area contributed by atoms with Crippen LogP contribution in [0.25, 0.3) is 0 Å². The summed E-state index contributed by atoms with van der Waals surface area (Å²) in [6.45, 7) is 3.93. The van der Waals surface area contributed by atoms with Crippen molar-refractivity contribution in [3.05, 3.63) is 47.8 Å². The highest BCUT2D eigenvalue weighted by Crippen LogP contribution is 2.11. The Balaban J connectivity index is 1.90. The Hall–Kier alpha value is -1.81. The van der Waals surface area contributed by atoms with E-state index in [1.165, 1.54) is 5.56 Å². The fourth-order valence-corrected chi connectivity index (χ4v) is 1.52. The smallest absolute Gasteiger partial charge is 0.157 e. The molecule has 0 saturated heterocycles. The lowest BCUT2D eigenvalue weighted by Gasteiger charge is -2.03. The van der Waals surface area contributed by atoms with Crippen LogP contribution in [0.3, 0.4) is 0 Å². The lowest BCUT2D eigenvalue weighted by molar-refractivity contribution is 0.305. The molecule has 0 spiro atoms. The molecule has 2 aromatic rings. The number of nitrogens with two attached hydrogens (primary N) is 1. The van der Waals surface area contributed by atoms with Crippen LogP contribution in [-0.4, -0.2) is 16.3 Å². The molecule has 0 aliphatic rings. The number of rotatable bonds is 5. The highest BCUT2D eigenvalue weighted by Gasteiger charge is 1.99. The van der Waals surface area contributed by atoms with Gasteiger partial charge in [0.1, 0.15) is 6.61 Å². The molecule has 0 fully saturated rings. The lowest BCUT2D eigenvalue weighted by atomic mass is 10.2. The molecule has 0 saturated carbocycles. The first-order chi connectivity index (χ1) is 8.28. The van der Waals surface area contributed by atoms with E-state index in [4.69, 9.17) is 10.5 Å². The number of benzene rings is 1. The molecule has 0 radical (unpaired) electrons. The quantitative estimate of drug-likeness (QED) is 0.852. The van der Waals surface area contributed by atoms with Crippen LogP contribution in [0.2, 0.25) is 0 Å². The predicted molar refractivity (Wildman–Crippen MR) is 66.8 cm³/mol. The van der Waals surface area contributed by atoms with E-state index in [0.717, 1.165) is 11.3 Å². The van der Waals surface area contributed by atoms with Crippen molar-refractivity contribution in [3.63, 3.8) is 0 Å². The number of nitrogens with zero attached hydrogens (tertiary/aromatic N) is 2. The van der Waals surface area contributed by atoms with Crippen LogP contribution in [0.5, 0.6) is 5.75 Å². The van der Waals surface area contributed by atoms with E-state index in [9.17, 15) is 0 Å². The van der Waals surface area contributed by atoms with E-state index < -0.39 is 0 Å². The summed E-state index contributed by atoms with van der Waals surface area (Å²) in [5, 5.41) is 4.14. The Kier molecular flexibility index (Phi) is 3.77. The average molecular weight is 231 g/mol. The average Bonchev–Trinajstić information content (AvgIpc) is 2.77. The number of ether oxygens (including phenoxy) is 1. The molecule has 0 aliphatic heterocycles. The van der Waals surface area contributed by atoms with Gasteiger partial charge in [-0.25, -0.2) is 0 Å². The summed E-state index contributed by atoms with van der Waals surface area (Å²) < 4.78 is 7.42. The van der Waals surface area contributed by atoms with Gasteiger partial charge < -0.3 is 10.5 Å². The van der Waals surface area contributed by atoms with E-state index in [2.05, 4.69) is 36.3 Å². The normalized spacial score (nSPS) is 10.5. The van der Waals surface area contributed by atoms with Crippen LogP contribution < -0.4 is 10.5 Å². The fraction of sp³-hybridized carbons (Fsp3) is 0.308. The van der Waals surface area contributed by atoms with Crippen molar-refractivity contribution in [1.82, 2.24) is 9.78 Å². The molecule has 0 atom stereocenters. The molecule has 0 amide bonds. The molecular weight excluding hydrogens is 214 g/mol. The standard InChI is InChI=1S/C13H17N3O/c1-11-2-4-12(5-3-11)10-17-13-8-15-16(9-13)7-6-14/h2-5,8-9H,6-7,10,14H2,1H3. The van der Waals surface area contributed by atoms with Crippen LogP contribution in [0.15, 0.2) is 36.7 Å². The zero-order valence-corrected chi connectivity index (χ0v) is 9.97. The molecule has 4 nitrogen and oxygen atoms in total. The highest BCUT2D eigenvalue weighted by atomic mass is 16.5. The van der Waals surface area contributed by atoms with Crippen LogP contribution in [0, 0.1) is 6.92 Å². The third-order valence-corrected chi connectivity index (χ3v) is 2.49. The van der Waals surface area contributed by atoms with Crippen LogP contribution in [0.4, 0.5) is 0 Å². The molecule has 2 rings (SSSR count). The van der Waals surface area contributed by atoms with Crippen molar-refractivity contribution in [2.75, 3.05) is 6.54 Å². The number of hydrogen-bond acceptors (Lipinski definition) is 3. The second-order valence-electron chi connectivity index (χ2n) is 4.00. The minimum atomic E-state index is 0.564. The highest BCUT2D eigenvalue weighted by molar-refractivity contribution is 5.21. The summed E-state index contributed by atoms with van der Waals surface area (Å²) in [7, 11) is 0. The Morgan fingerprint density at radius 1 is 1.29 bits per heavy atom. The topological polar surface area (TPSA) is 53.1 Å². The third-order valence-electron chi connectivity index (χ3n) is 2.49. The number of hydrogen-bond donors (Lipinski definition) is 1. The van der Waals surface area contributed by atoms with E-state index in [1.807, 2.05) is 6.20 Å². The van der Waals surface area contributed by atoms with Gasteiger partial charge in [-0.2, -0.15) is 5.10 Å². The van der Waals surface area contributed by atoms with Crippen molar-refractivity contribution >= 4 is 0 Å². The van der Waals surface area contributed by atoms with E-state index in [0.29, 0.717) is 19.7 Å². The zero-order chi connectivity index (χ0) is 12.1. The minimum absolute atomic E-state index is 0.564. The van der Waals surface area contributed by atoms with Gasteiger partial charge in [0, 0.05) is 6.54 Å². The fourth-order valence-electron chi connectivity index (χ4n) is 1.52. The maximum atomic E-state index is 5.63. The van der Waals surface area contributed by atoms with E-state index >= 15 is 0 Å². The van der Waals surface area contributed by atoms with E-state index in [-0.39, 0.29) is 0 Å². The first kappa shape index (κ1) is 11.7. The van der Waals surface area contributed by atoms with Gasteiger partial charge in [-0.05, 0) is 12.5 Å². The Morgan fingerprint density at radius 3 is 2.76 bits per heavy atom. The summed E-state index contributed by atoms with van der Waals surface area (Å²) in [6.07, 6.45) is 3.57. The SMILES string of the molecule is Cc1ccc(COc2cnn(CCN)c2)cc1. The monoisotopic (exact) mass is 231 g/mol. The third kappa shape index (κ3) is 3.32. The van der Waals surface area contributed by atoms with Gasteiger partial charge in [0.2, 0.25) is 0 Å². The van der Waals surface area contributed by atoms with Crippen molar-refractivity contribution < 1.29 is 4.74 Å². The Morgan fingerprint density at radius 2 is 2.06 bits per heavy atom. The van der Waals surface area contributed by atoms with Crippen molar-refractivity contribution in [2.24, 2.45) is 5.73 Å². The van der Waals surface area contributed by atoms with Gasteiger partial charge in [-0.3, -0.25) is 4.68 Å². The lowest BCUT2D eigenvalue weighted by Crippen LogP contribution is -2.09. The molecule has 0 bridgehead atoms. The number of aryl methyl sites for hydroxylation is 1. The second-order valence-corrected chi connectivity index (χ2v) is 4.00. The van der Waals surface area contributed by atoms with Gasteiger partial charge in [-0.1, -0.05) is 29.8 Å². The summed E-state index contributed by atoms with van der Waals surface area (Å²) in [5.41, 5.74) is 7.86. The molecule has 0 aliphatic carbocycles. The molecule has 1 aromatic carbocycles. The van der Waals surface area contributed by atoms with Gasteiger partial charge in [0.25, 0.3) is 0 Å². The van der Waals surface area contributed by atoms with Crippen LogP contribution >= 0.6 is 0 Å². The summed E-state index contributed by atoms with van der Waals surface area (Å²) >= 11 is 0. The Bertz CT molecular complexity index is 462. The molecular formula is C13H17N3O. The largest absolute Gasteiger partial charge is 0.486 e. The van der Waals surface area contributed by atoms with Crippen molar-refractivity contribution in [3.8, 4) is 5.75 Å². The summed E-state index contributed by atoms with van der Waals surface area (Å²) in [5.74, 6) is 0.777. The van der Waals surface area contributed by atoms with Crippen LogP contribution in [0.1, 0.15) is 11.1 Å². The molecule has 4 heteroatoms. The molecule has 90 valence electrons. The molecule has 2 N–H and O–H groups in total. The predicted octanol–water partition coefficient (Wildman–Crippen LogP) is 1.73. The van der Waals surface area contributed by atoms with Gasteiger partial charge in [0.05, 0.1) is 18.9 Å². The first-order valence-corrected chi connectivity index (χ1v) is 5.69. The zero-order valence-electron chi connectivity index (χ0n) is 9.97. The van der Waals surface area contributed by atoms with Crippen molar-refractivity contribution in [1.29, 1.82) is 0 Å². The molecule has 1 heterocycles. The van der Waals surface area contributed by atoms with Gasteiger partial charge in [-0.15, -0.1) is 0 Å². The molecule has 17 heavy (non-hydrogen) atoms. The van der Waals surface area contributed by atoms with E-state index in [1.54, 1.807) is 10.9 Å². The maximum absolute atomic E-state index is 5.63. The van der Waals surface area contributed by atoms with Gasteiger partial charge in [0.15, 0.2) is 5.75 Å². The Labute approximate surface area is 101 Å². The first-order valence-electron chi connectivity index (χ1n) is 5.69. The maximum Gasteiger partial charge on any atom is 0.157 e. The van der Waals surface area contributed by atoms with Crippen molar-refractivity contribution in [2.45, 2.75) is 20.1 Å². The summed E-state index contributed by atoms with van der Waals surface area (Å²) in [6, 6.07) is 8.30. The van der Waals surface area contributed by atoms with Gasteiger partial charge >= 0.3 is 0 Å². The minimum Gasteiger partial charge on any atom is -0.486 e. The molecule has 1 aromatic heterocycles. The summed E-state index contributed by atoms with van der Waals surface area (Å²) in [4.78, 5) is 0. The van der Waals surface area contributed by atoms with Crippen LogP contribution in [-0.2, 0) is 13.2 Å². The number of aromatic nitrogens is 2.